The Morgan fingerprint density at radius 3 is 2.80 bits per heavy atom. The number of rotatable bonds is 6. The number of nitrogen functional groups attached to an aromatic ring is 1. The summed E-state index contributed by atoms with van der Waals surface area (Å²) >= 11 is 1.74. The number of nitrogens with two attached hydrogens (primary N) is 1. The highest BCUT2D eigenvalue weighted by Crippen LogP contribution is 2.18. The Kier molecular flexibility index (Phi) is 4.94. The topological polar surface area (TPSA) is 71.5 Å². The van der Waals surface area contributed by atoms with E-state index in [1.54, 1.807) is 17.4 Å². The third kappa shape index (κ3) is 3.69. The van der Waals surface area contributed by atoms with Crippen LogP contribution in [0.5, 0.6) is 0 Å². The van der Waals surface area contributed by atoms with Gasteiger partial charge in [-0.05, 0) is 37.4 Å². The van der Waals surface area contributed by atoms with Gasteiger partial charge in [-0.2, -0.15) is 0 Å². The molecule has 108 valence electrons. The van der Waals surface area contributed by atoms with Crippen LogP contribution in [0.1, 0.15) is 35.0 Å². The molecule has 0 radical (unpaired) electrons. The highest BCUT2D eigenvalue weighted by Gasteiger charge is 2.15. The summed E-state index contributed by atoms with van der Waals surface area (Å²) in [5, 5.41) is 2.07. The number of hydrogen-bond acceptors (Lipinski definition) is 5. The minimum atomic E-state index is -0.411. The maximum atomic E-state index is 11.4. The molecule has 0 spiro atoms. The number of nitrogens with one attached hydrogen (secondary N) is 1. The number of hydrogen-bond donors (Lipinski definition) is 2. The van der Waals surface area contributed by atoms with Gasteiger partial charge in [-0.3, -0.25) is 15.1 Å². The molecule has 0 saturated carbocycles. The van der Waals surface area contributed by atoms with Gasteiger partial charge in [-0.1, -0.05) is 6.07 Å². The fourth-order valence-electron chi connectivity index (χ4n) is 1.88. The van der Waals surface area contributed by atoms with E-state index >= 15 is 0 Å². The number of nitrogens with zero attached hydrogens (tertiary/aromatic N) is 1. The number of hydrazine groups is 1. The number of carbonyl (C=O) groups excluding carboxylic acids is 1. The Labute approximate surface area is 122 Å². The molecule has 5 nitrogen and oxygen atoms in total. The van der Waals surface area contributed by atoms with E-state index in [-0.39, 0.29) is 5.76 Å². The van der Waals surface area contributed by atoms with Gasteiger partial charge < -0.3 is 4.42 Å². The summed E-state index contributed by atoms with van der Waals surface area (Å²) in [7, 11) is 0. The molecule has 0 aromatic carbocycles. The molecule has 0 bridgehead atoms. The molecule has 0 saturated heterocycles. The molecule has 2 aromatic rings. The van der Waals surface area contributed by atoms with Crippen molar-refractivity contribution in [3.8, 4) is 0 Å². The molecule has 0 atom stereocenters. The molecule has 1 amide bonds. The largest absolute Gasteiger partial charge is 0.455 e. The van der Waals surface area contributed by atoms with Crippen LogP contribution >= 0.6 is 11.3 Å². The summed E-state index contributed by atoms with van der Waals surface area (Å²) in [6, 6.07) is 8.01. The van der Waals surface area contributed by atoms with Crippen molar-refractivity contribution >= 4 is 17.2 Å². The molecule has 2 rings (SSSR count). The number of furan rings is 1. The third-order valence-electron chi connectivity index (χ3n) is 3.04. The fourth-order valence-corrected chi connectivity index (χ4v) is 2.61. The number of carbonyl (C=O) groups is 1. The van der Waals surface area contributed by atoms with E-state index in [4.69, 9.17) is 10.3 Å². The van der Waals surface area contributed by atoms with Crippen LogP contribution in [-0.4, -0.2) is 16.8 Å². The number of thiophene rings is 1. The summed E-state index contributed by atoms with van der Waals surface area (Å²) in [6.07, 6.45) is 0. The predicted molar refractivity (Wildman–Crippen MR) is 79.1 cm³/mol. The average Bonchev–Trinajstić information content (AvgIpc) is 3.08. The first-order valence-electron chi connectivity index (χ1n) is 6.46. The summed E-state index contributed by atoms with van der Waals surface area (Å²) < 4.78 is 5.51. The highest BCUT2D eigenvalue weighted by atomic mass is 32.1. The molecule has 20 heavy (non-hydrogen) atoms. The van der Waals surface area contributed by atoms with Crippen LogP contribution in [0.15, 0.2) is 34.1 Å². The second-order valence-corrected chi connectivity index (χ2v) is 5.85. The van der Waals surface area contributed by atoms with Crippen LogP contribution in [0, 0.1) is 0 Å². The smallest absolute Gasteiger partial charge is 0.300 e. The lowest BCUT2D eigenvalue weighted by Gasteiger charge is -2.24. The van der Waals surface area contributed by atoms with E-state index in [2.05, 4.69) is 41.7 Å². The van der Waals surface area contributed by atoms with Crippen molar-refractivity contribution in [2.45, 2.75) is 33.0 Å². The zero-order valence-corrected chi connectivity index (χ0v) is 12.4. The number of amides is 1. The van der Waals surface area contributed by atoms with E-state index in [9.17, 15) is 4.79 Å². The second kappa shape index (κ2) is 6.69. The minimum Gasteiger partial charge on any atom is -0.455 e. The van der Waals surface area contributed by atoms with Crippen molar-refractivity contribution in [1.29, 1.82) is 0 Å². The fraction of sp³-hybridized carbons (Fsp3) is 0.357. The van der Waals surface area contributed by atoms with Gasteiger partial charge in [0.05, 0.1) is 6.54 Å². The Bertz CT molecular complexity index is 549. The van der Waals surface area contributed by atoms with Crippen LogP contribution in [-0.2, 0) is 13.1 Å². The molecule has 0 unspecified atom stereocenters. The van der Waals surface area contributed by atoms with E-state index in [0.717, 1.165) is 12.3 Å². The lowest BCUT2D eigenvalue weighted by molar-refractivity contribution is 0.0920. The van der Waals surface area contributed by atoms with Crippen molar-refractivity contribution in [2.24, 2.45) is 5.84 Å². The third-order valence-corrected chi connectivity index (χ3v) is 3.91. The van der Waals surface area contributed by atoms with E-state index < -0.39 is 5.91 Å². The van der Waals surface area contributed by atoms with Crippen LogP contribution in [0.2, 0.25) is 0 Å². The summed E-state index contributed by atoms with van der Waals surface area (Å²) in [5.74, 6) is 5.67. The predicted octanol–water partition coefficient (Wildman–Crippen LogP) is 2.36. The SMILES string of the molecule is CC(C)N(Cc1ccc(C(=O)NN)o1)Cc1cccs1. The van der Waals surface area contributed by atoms with E-state index in [0.29, 0.717) is 12.6 Å². The lowest BCUT2D eigenvalue weighted by Crippen LogP contribution is -2.30. The molecular formula is C14H19N3O2S. The van der Waals surface area contributed by atoms with Crippen LogP contribution in [0.25, 0.3) is 0 Å². The van der Waals surface area contributed by atoms with Gasteiger partial charge in [0.1, 0.15) is 5.76 Å². The summed E-state index contributed by atoms with van der Waals surface area (Å²) in [6.45, 7) is 5.82. The van der Waals surface area contributed by atoms with Crippen molar-refractivity contribution in [3.63, 3.8) is 0 Å². The Morgan fingerprint density at radius 2 is 2.20 bits per heavy atom. The summed E-state index contributed by atoms with van der Waals surface area (Å²) in [4.78, 5) is 15.0. The molecule has 3 N–H and O–H groups in total. The lowest BCUT2D eigenvalue weighted by atomic mass is 10.2. The van der Waals surface area contributed by atoms with Crippen molar-refractivity contribution in [3.05, 3.63) is 46.0 Å². The maximum absolute atomic E-state index is 11.4. The van der Waals surface area contributed by atoms with Crippen molar-refractivity contribution in [2.75, 3.05) is 0 Å². The monoisotopic (exact) mass is 293 g/mol. The van der Waals surface area contributed by atoms with Crippen molar-refractivity contribution in [1.82, 2.24) is 10.3 Å². The maximum Gasteiger partial charge on any atom is 0.300 e. The molecular weight excluding hydrogens is 274 g/mol. The minimum absolute atomic E-state index is 0.238. The quantitative estimate of drug-likeness (QED) is 0.487. The molecule has 2 heterocycles. The first-order chi connectivity index (χ1) is 9.60. The average molecular weight is 293 g/mol. The van der Waals surface area contributed by atoms with Gasteiger partial charge in [-0.25, -0.2) is 5.84 Å². The van der Waals surface area contributed by atoms with Crippen LogP contribution in [0.3, 0.4) is 0 Å². The van der Waals surface area contributed by atoms with Gasteiger partial charge >= 0.3 is 5.91 Å². The van der Waals surface area contributed by atoms with Gasteiger partial charge in [0.2, 0.25) is 0 Å². The molecule has 6 heteroatoms. The van der Waals surface area contributed by atoms with Crippen LogP contribution in [0.4, 0.5) is 0 Å². The zero-order chi connectivity index (χ0) is 14.5. The molecule has 0 fully saturated rings. The van der Waals surface area contributed by atoms with Gasteiger partial charge in [0.25, 0.3) is 0 Å². The molecule has 0 aliphatic carbocycles. The molecule has 2 aromatic heterocycles. The standard InChI is InChI=1S/C14H19N3O2S/c1-10(2)17(9-12-4-3-7-20-12)8-11-5-6-13(19-11)14(18)16-15/h3-7,10H,8-9,15H2,1-2H3,(H,16,18). The highest BCUT2D eigenvalue weighted by molar-refractivity contribution is 7.09. The zero-order valence-electron chi connectivity index (χ0n) is 11.6. The van der Waals surface area contributed by atoms with E-state index in [1.807, 2.05) is 6.07 Å². The van der Waals surface area contributed by atoms with Gasteiger partial charge in [-0.15, -0.1) is 11.3 Å². The molecule has 0 aliphatic heterocycles. The Hall–Kier alpha value is -1.63. The van der Waals surface area contributed by atoms with Gasteiger partial charge in [0, 0.05) is 17.5 Å². The summed E-state index contributed by atoms with van der Waals surface area (Å²) in [5.41, 5.74) is 2.06. The first kappa shape index (κ1) is 14.8. The second-order valence-electron chi connectivity index (χ2n) is 4.82. The van der Waals surface area contributed by atoms with Crippen molar-refractivity contribution < 1.29 is 9.21 Å². The Balaban J connectivity index is 2.04. The first-order valence-corrected chi connectivity index (χ1v) is 7.34. The van der Waals surface area contributed by atoms with Crippen LogP contribution < -0.4 is 11.3 Å². The normalized spacial score (nSPS) is 11.2. The molecule has 0 aliphatic rings. The van der Waals surface area contributed by atoms with E-state index in [1.165, 1.54) is 4.88 Å². The Morgan fingerprint density at radius 1 is 1.40 bits per heavy atom. The van der Waals surface area contributed by atoms with Gasteiger partial charge in [0.15, 0.2) is 5.76 Å².